The van der Waals surface area contributed by atoms with Gasteiger partial charge < -0.3 is 14.8 Å². The van der Waals surface area contributed by atoms with Crippen molar-refractivity contribution >= 4 is 56.8 Å². The Hall–Kier alpha value is -3.82. The van der Waals surface area contributed by atoms with Crippen LogP contribution in [0.15, 0.2) is 60.1 Å². The molecule has 10 heteroatoms. The molecule has 4 aromatic rings. The standard InChI is InChI=1S/C24H18ClN3O5S/c1-2-32-24(31)21-15(14-7-3-4-8-16(14)25)13-34-22(21)28-20(29)12-33-23(30)19-11-26-17-9-5-6-10-18(17)27-19/h3-11,13H,2,12H2,1H3,(H,28,29). The lowest BCUT2D eigenvalue weighted by Crippen LogP contribution is -2.22. The molecule has 0 radical (unpaired) electrons. The Morgan fingerprint density at radius 1 is 0.971 bits per heavy atom. The minimum absolute atomic E-state index is 0.0177. The molecule has 1 N–H and O–H groups in total. The van der Waals surface area contributed by atoms with Crippen LogP contribution >= 0.6 is 22.9 Å². The normalized spacial score (nSPS) is 10.6. The zero-order valence-electron chi connectivity index (χ0n) is 17.9. The highest BCUT2D eigenvalue weighted by atomic mass is 35.5. The predicted octanol–water partition coefficient (Wildman–Crippen LogP) is 4.98. The Kier molecular flexibility index (Phi) is 7.15. The molecule has 0 aliphatic heterocycles. The molecule has 0 saturated carbocycles. The van der Waals surface area contributed by atoms with E-state index < -0.39 is 24.5 Å². The molecule has 172 valence electrons. The largest absolute Gasteiger partial charge is 0.462 e. The van der Waals surface area contributed by atoms with Crippen LogP contribution in [0.3, 0.4) is 0 Å². The van der Waals surface area contributed by atoms with Crippen molar-refractivity contribution in [2.75, 3.05) is 18.5 Å². The van der Waals surface area contributed by atoms with E-state index in [2.05, 4.69) is 15.3 Å². The van der Waals surface area contributed by atoms with Crippen LogP contribution in [0.1, 0.15) is 27.8 Å². The molecular formula is C24H18ClN3O5S. The molecule has 0 saturated heterocycles. The van der Waals surface area contributed by atoms with E-state index in [9.17, 15) is 14.4 Å². The van der Waals surface area contributed by atoms with E-state index in [0.29, 0.717) is 27.2 Å². The van der Waals surface area contributed by atoms with Gasteiger partial charge in [0.25, 0.3) is 5.91 Å². The summed E-state index contributed by atoms with van der Waals surface area (Å²) < 4.78 is 10.3. The molecule has 2 aromatic carbocycles. The number of thiophene rings is 1. The second kappa shape index (κ2) is 10.4. The number of rotatable bonds is 7. The topological polar surface area (TPSA) is 107 Å². The van der Waals surface area contributed by atoms with Gasteiger partial charge in [0.15, 0.2) is 12.3 Å². The second-order valence-corrected chi connectivity index (χ2v) is 8.21. The van der Waals surface area contributed by atoms with Crippen LogP contribution < -0.4 is 5.32 Å². The number of fused-ring (bicyclic) bond motifs is 1. The quantitative estimate of drug-likeness (QED) is 0.360. The lowest BCUT2D eigenvalue weighted by atomic mass is 10.0. The van der Waals surface area contributed by atoms with Crippen LogP contribution in [0.4, 0.5) is 5.00 Å². The van der Waals surface area contributed by atoms with Crippen LogP contribution in [0.25, 0.3) is 22.2 Å². The Labute approximate surface area is 203 Å². The first-order valence-electron chi connectivity index (χ1n) is 10.2. The molecule has 2 heterocycles. The summed E-state index contributed by atoms with van der Waals surface area (Å²) in [5.74, 6) is -2.01. The van der Waals surface area contributed by atoms with Gasteiger partial charge in [-0.2, -0.15) is 0 Å². The third-order valence-electron chi connectivity index (χ3n) is 4.68. The molecule has 0 atom stereocenters. The third-order valence-corrected chi connectivity index (χ3v) is 5.90. The van der Waals surface area contributed by atoms with Crippen molar-refractivity contribution in [3.8, 4) is 11.1 Å². The maximum absolute atomic E-state index is 12.7. The van der Waals surface area contributed by atoms with Crippen molar-refractivity contribution in [1.82, 2.24) is 9.97 Å². The van der Waals surface area contributed by atoms with Gasteiger partial charge in [-0.3, -0.25) is 9.78 Å². The predicted molar refractivity (Wildman–Crippen MR) is 129 cm³/mol. The van der Waals surface area contributed by atoms with Crippen molar-refractivity contribution in [2.24, 2.45) is 0 Å². The number of ether oxygens (including phenoxy) is 2. The van der Waals surface area contributed by atoms with Gasteiger partial charge in [-0.25, -0.2) is 14.6 Å². The molecule has 0 unspecified atom stereocenters. The van der Waals surface area contributed by atoms with E-state index in [1.807, 2.05) is 6.07 Å². The van der Waals surface area contributed by atoms with Crippen molar-refractivity contribution in [1.29, 1.82) is 0 Å². The van der Waals surface area contributed by atoms with Gasteiger partial charge in [-0.1, -0.05) is 41.9 Å². The number of nitrogens with one attached hydrogen (secondary N) is 1. The summed E-state index contributed by atoms with van der Waals surface area (Å²) in [6.07, 6.45) is 1.29. The second-order valence-electron chi connectivity index (χ2n) is 6.92. The van der Waals surface area contributed by atoms with E-state index >= 15 is 0 Å². The first kappa shape index (κ1) is 23.3. The summed E-state index contributed by atoms with van der Waals surface area (Å²) >= 11 is 7.44. The fraction of sp³-hybridized carbons (Fsp3) is 0.125. The van der Waals surface area contributed by atoms with Crippen LogP contribution in [0.2, 0.25) is 5.02 Å². The average Bonchev–Trinajstić information content (AvgIpc) is 3.25. The molecule has 0 aliphatic carbocycles. The number of hydrogen-bond donors (Lipinski definition) is 1. The van der Waals surface area contributed by atoms with Crippen LogP contribution in [0, 0.1) is 0 Å². The number of anilines is 1. The van der Waals surface area contributed by atoms with E-state index in [0.717, 1.165) is 11.3 Å². The van der Waals surface area contributed by atoms with Gasteiger partial charge >= 0.3 is 11.9 Å². The van der Waals surface area contributed by atoms with Crippen molar-refractivity contribution < 1.29 is 23.9 Å². The molecule has 8 nitrogen and oxygen atoms in total. The zero-order chi connectivity index (χ0) is 24.1. The minimum atomic E-state index is -0.790. The average molecular weight is 496 g/mol. The van der Waals surface area contributed by atoms with E-state index in [-0.39, 0.29) is 22.9 Å². The van der Waals surface area contributed by atoms with Crippen LogP contribution in [0.5, 0.6) is 0 Å². The number of halogens is 1. The number of esters is 2. The lowest BCUT2D eigenvalue weighted by molar-refractivity contribution is -0.119. The summed E-state index contributed by atoms with van der Waals surface area (Å²) in [6.45, 7) is 1.27. The minimum Gasteiger partial charge on any atom is -0.462 e. The Morgan fingerprint density at radius 2 is 1.71 bits per heavy atom. The first-order valence-corrected chi connectivity index (χ1v) is 11.5. The highest BCUT2D eigenvalue weighted by molar-refractivity contribution is 7.15. The number of nitrogens with zero attached hydrogens (tertiary/aromatic N) is 2. The van der Waals surface area contributed by atoms with Crippen molar-refractivity contribution in [2.45, 2.75) is 6.92 Å². The summed E-state index contributed by atoms with van der Waals surface area (Å²) in [6, 6.07) is 14.1. The van der Waals surface area contributed by atoms with Crippen LogP contribution in [-0.2, 0) is 14.3 Å². The van der Waals surface area contributed by atoms with Gasteiger partial charge in [-0.15, -0.1) is 11.3 Å². The highest BCUT2D eigenvalue weighted by Crippen LogP contribution is 2.39. The summed E-state index contributed by atoms with van der Waals surface area (Å²) in [4.78, 5) is 45.9. The summed E-state index contributed by atoms with van der Waals surface area (Å²) in [5, 5.41) is 5.04. The summed E-state index contributed by atoms with van der Waals surface area (Å²) in [5.41, 5.74) is 2.50. The van der Waals surface area contributed by atoms with E-state index in [1.54, 1.807) is 54.8 Å². The summed E-state index contributed by atoms with van der Waals surface area (Å²) in [7, 11) is 0. The first-order chi connectivity index (χ1) is 16.5. The number of amides is 1. The molecule has 1 amide bonds. The molecular weight excluding hydrogens is 478 g/mol. The number of carbonyl (C=O) groups is 3. The Morgan fingerprint density at radius 3 is 2.47 bits per heavy atom. The SMILES string of the molecule is CCOC(=O)c1c(-c2ccccc2Cl)csc1NC(=O)COC(=O)c1cnc2ccccc2n1. The third kappa shape index (κ3) is 5.05. The van der Waals surface area contributed by atoms with Gasteiger partial charge in [0.1, 0.15) is 10.6 Å². The van der Waals surface area contributed by atoms with Gasteiger partial charge in [-0.05, 0) is 25.1 Å². The highest BCUT2D eigenvalue weighted by Gasteiger charge is 2.24. The van der Waals surface area contributed by atoms with Crippen LogP contribution in [-0.4, -0.2) is 41.0 Å². The Bertz CT molecular complexity index is 1390. The van der Waals surface area contributed by atoms with E-state index in [4.69, 9.17) is 21.1 Å². The monoisotopic (exact) mass is 495 g/mol. The lowest BCUT2D eigenvalue weighted by Gasteiger charge is -2.10. The number of hydrogen-bond acceptors (Lipinski definition) is 8. The van der Waals surface area contributed by atoms with Gasteiger partial charge in [0.2, 0.25) is 0 Å². The van der Waals surface area contributed by atoms with Gasteiger partial charge in [0.05, 0.1) is 23.8 Å². The number of benzene rings is 2. The molecule has 0 bridgehead atoms. The zero-order valence-corrected chi connectivity index (χ0v) is 19.5. The molecule has 0 spiro atoms. The number of aromatic nitrogens is 2. The van der Waals surface area contributed by atoms with Crippen molar-refractivity contribution in [3.63, 3.8) is 0 Å². The van der Waals surface area contributed by atoms with Gasteiger partial charge in [0, 0.05) is 21.5 Å². The molecule has 4 rings (SSSR count). The Balaban J connectivity index is 1.49. The molecule has 0 fully saturated rings. The number of para-hydroxylation sites is 2. The molecule has 2 aromatic heterocycles. The molecule has 0 aliphatic rings. The fourth-order valence-electron chi connectivity index (χ4n) is 3.16. The molecule has 34 heavy (non-hydrogen) atoms. The maximum atomic E-state index is 12.7. The van der Waals surface area contributed by atoms with E-state index in [1.165, 1.54) is 6.20 Å². The number of carbonyl (C=O) groups excluding carboxylic acids is 3. The smallest absolute Gasteiger partial charge is 0.359 e. The fourth-order valence-corrected chi connectivity index (χ4v) is 4.36. The van der Waals surface area contributed by atoms with Crippen molar-refractivity contribution in [3.05, 3.63) is 76.4 Å². The maximum Gasteiger partial charge on any atom is 0.359 e.